The van der Waals surface area contributed by atoms with Crippen LogP contribution >= 0.6 is 0 Å². The maximum absolute atomic E-state index is 13.6. The molecular formula is C37H52N4O7. The molecule has 3 unspecified atom stereocenters. The van der Waals surface area contributed by atoms with Crippen molar-refractivity contribution in [2.24, 2.45) is 23.7 Å². The first-order valence-corrected chi connectivity index (χ1v) is 17.2. The van der Waals surface area contributed by atoms with Crippen molar-refractivity contribution in [1.29, 1.82) is 0 Å². The number of nitrogens with zero attached hydrogens (tertiary/aromatic N) is 2. The molecule has 0 bridgehead atoms. The highest BCUT2D eigenvalue weighted by Crippen LogP contribution is 2.38. The molecule has 2 N–H and O–H groups in total. The predicted octanol–water partition coefficient (Wildman–Crippen LogP) is 3.56. The molecule has 0 aliphatic carbocycles. The number of carbonyl (C=O) groups is 4. The molecule has 0 radical (unpaired) electrons. The molecule has 3 heterocycles. The van der Waals surface area contributed by atoms with Crippen LogP contribution in [0.2, 0.25) is 0 Å². The van der Waals surface area contributed by atoms with Gasteiger partial charge in [-0.25, -0.2) is 0 Å². The minimum atomic E-state index is -0.522. The van der Waals surface area contributed by atoms with Gasteiger partial charge in [0, 0.05) is 57.9 Å². The third-order valence-corrected chi connectivity index (χ3v) is 9.24. The highest BCUT2D eigenvalue weighted by molar-refractivity contribution is 5.95. The van der Waals surface area contributed by atoms with Crippen LogP contribution in [0.15, 0.2) is 48.5 Å². The van der Waals surface area contributed by atoms with Crippen molar-refractivity contribution in [2.45, 2.75) is 52.6 Å². The molecule has 2 aromatic rings. The van der Waals surface area contributed by atoms with Crippen LogP contribution in [0, 0.1) is 23.7 Å². The zero-order valence-electron chi connectivity index (χ0n) is 29.0. The van der Waals surface area contributed by atoms with Crippen molar-refractivity contribution < 1.29 is 33.4 Å². The fraction of sp³-hybridized carbons (Fsp3) is 0.568. The number of amides is 4. The largest absolute Gasteiger partial charge is 0.493 e. The average molecular weight is 665 g/mol. The van der Waals surface area contributed by atoms with E-state index in [9.17, 15) is 19.2 Å². The molecule has 11 nitrogen and oxygen atoms in total. The van der Waals surface area contributed by atoms with Crippen LogP contribution in [0.4, 0.5) is 0 Å². The standard InChI is InChI=1S/C28H40N4O7.C9H12/c1-17(2)39-23-6-5-19(11-24(23)37-4)28(36)31-13-20-14-32(27(35)18-7-9-38-10-8-18)16-22(21(20)15-31)26(34)30-12-25(33)29-3;1-2-6-9-7-4-3-5-8-9/h5-6,11,17-18,20-22H,7-10,12-16H2,1-4H3,(H,29,33)(H,30,34);3-5,7-8H,2,6H2,1H3. The maximum Gasteiger partial charge on any atom is 0.254 e. The molecule has 3 aliphatic heterocycles. The third kappa shape index (κ3) is 9.71. The van der Waals surface area contributed by atoms with Gasteiger partial charge in [-0.15, -0.1) is 0 Å². The minimum Gasteiger partial charge on any atom is -0.493 e. The molecule has 0 spiro atoms. The van der Waals surface area contributed by atoms with Gasteiger partial charge in [0.15, 0.2) is 11.5 Å². The number of piperidine rings is 1. The second-order valence-electron chi connectivity index (χ2n) is 13.0. The minimum absolute atomic E-state index is 0.0381. The number of likely N-dealkylation sites (tertiary alicyclic amines) is 2. The van der Waals surface area contributed by atoms with Gasteiger partial charge in [0.1, 0.15) is 0 Å². The van der Waals surface area contributed by atoms with Gasteiger partial charge in [-0.2, -0.15) is 0 Å². The van der Waals surface area contributed by atoms with E-state index >= 15 is 0 Å². The summed E-state index contributed by atoms with van der Waals surface area (Å²) in [4.78, 5) is 55.6. The second-order valence-corrected chi connectivity index (χ2v) is 13.0. The Hall–Kier alpha value is -4.12. The maximum atomic E-state index is 13.6. The number of fused-ring (bicyclic) bond motifs is 1. The number of methoxy groups -OCH3 is 1. The normalized spacial score (nSPS) is 20.7. The number of hydrogen-bond acceptors (Lipinski definition) is 7. The fourth-order valence-corrected chi connectivity index (χ4v) is 6.76. The Morgan fingerprint density at radius 1 is 0.938 bits per heavy atom. The summed E-state index contributed by atoms with van der Waals surface area (Å²) in [5.74, 6) is -0.469. The lowest BCUT2D eigenvalue weighted by molar-refractivity contribution is -0.145. The SMILES string of the molecule is CCCc1ccccc1.CNC(=O)CNC(=O)C1CN(C(=O)C2CCOCC2)CC2CN(C(=O)c3ccc(OC(C)C)c(OC)c3)CC21. The molecule has 3 fully saturated rings. The van der Waals surface area contributed by atoms with Gasteiger partial charge in [-0.1, -0.05) is 43.7 Å². The molecule has 0 aromatic heterocycles. The summed E-state index contributed by atoms with van der Waals surface area (Å²) in [5.41, 5.74) is 1.91. The molecule has 48 heavy (non-hydrogen) atoms. The van der Waals surface area contributed by atoms with Crippen LogP contribution in [0.3, 0.4) is 0 Å². The highest BCUT2D eigenvalue weighted by Gasteiger charge is 2.48. The van der Waals surface area contributed by atoms with Gasteiger partial charge in [0.05, 0.1) is 25.7 Å². The lowest BCUT2D eigenvalue weighted by atomic mass is 9.78. The van der Waals surface area contributed by atoms with Gasteiger partial charge in [0.2, 0.25) is 17.7 Å². The number of rotatable bonds is 10. The van der Waals surface area contributed by atoms with E-state index in [0.29, 0.717) is 62.8 Å². The molecule has 3 atom stereocenters. The number of hydrogen-bond donors (Lipinski definition) is 2. The summed E-state index contributed by atoms with van der Waals surface area (Å²) in [6.45, 7) is 8.61. The van der Waals surface area contributed by atoms with Crippen LogP contribution in [-0.2, 0) is 25.5 Å². The first-order valence-electron chi connectivity index (χ1n) is 17.2. The Labute approximate surface area is 284 Å². The molecule has 2 aromatic carbocycles. The van der Waals surface area contributed by atoms with Crippen molar-refractivity contribution in [1.82, 2.24) is 20.4 Å². The van der Waals surface area contributed by atoms with Crippen molar-refractivity contribution in [2.75, 3.05) is 60.1 Å². The topological polar surface area (TPSA) is 127 Å². The predicted molar refractivity (Wildman–Crippen MR) is 183 cm³/mol. The number of likely N-dealkylation sites (N-methyl/N-ethyl adjacent to an activating group) is 1. The summed E-state index contributed by atoms with van der Waals surface area (Å²) in [6.07, 6.45) is 3.74. The van der Waals surface area contributed by atoms with E-state index < -0.39 is 5.92 Å². The van der Waals surface area contributed by atoms with Gasteiger partial charge >= 0.3 is 0 Å². The van der Waals surface area contributed by atoms with E-state index in [1.807, 2.05) is 13.8 Å². The number of benzene rings is 2. The van der Waals surface area contributed by atoms with Gasteiger partial charge in [-0.05, 0) is 68.7 Å². The number of carbonyl (C=O) groups excluding carboxylic acids is 4. The van der Waals surface area contributed by atoms with E-state index in [1.165, 1.54) is 32.6 Å². The summed E-state index contributed by atoms with van der Waals surface area (Å²) < 4.78 is 16.7. The molecule has 3 aliphatic rings. The lowest BCUT2D eigenvalue weighted by Crippen LogP contribution is -2.55. The molecule has 5 rings (SSSR count). The Kier molecular flexibility index (Phi) is 13.7. The molecule has 4 amide bonds. The monoisotopic (exact) mass is 664 g/mol. The Bertz CT molecular complexity index is 1380. The van der Waals surface area contributed by atoms with E-state index in [1.54, 1.807) is 28.0 Å². The highest BCUT2D eigenvalue weighted by atomic mass is 16.5. The van der Waals surface area contributed by atoms with E-state index in [0.717, 1.165) is 0 Å². The van der Waals surface area contributed by atoms with Crippen LogP contribution in [-0.4, -0.2) is 99.6 Å². The summed E-state index contributed by atoms with van der Waals surface area (Å²) in [6, 6.07) is 15.7. The molecular weight excluding hydrogens is 612 g/mol. The summed E-state index contributed by atoms with van der Waals surface area (Å²) >= 11 is 0. The van der Waals surface area contributed by atoms with Crippen LogP contribution in [0.25, 0.3) is 0 Å². The lowest BCUT2D eigenvalue weighted by Gasteiger charge is -2.41. The van der Waals surface area contributed by atoms with Crippen LogP contribution < -0.4 is 20.1 Å². The van der Waals surface area contributed by atoms with Gasteiger partial charge < -0.3 is 34.6 Å². The average Bonchev–Trinajstić information content (AvgIpc) is 3.55. The van der Waals surface area contributed by atoms with Gasteiger partial charge in [-0.3, -0.25) is 19.2 Å². The van der Waals surface area contributed by atoms with Crippen LogP contribution in [0.1, 0.15) is 56.0 Å². The fourth-order valence-electron chi connectivity index (χ4n) is 6.76. The van der Waals surface area contributed by atoms with E-state index in [2.05, 4.69) is 47.9 Å². The van der Waals surface area contributed by atoms with Crippen molar-refractivity contribution in [3.63, 3.8) is 0 Å². The molecule has 0 saturated carbocycles. The Morgan fingerprint density at radius 2 is 1.65 bits per heavy atom. The third-order valence-electron chi connectivity index (χ3n) is 9.24. The summed E-state index contributed by atoms with van der Waals surface area (Å²) in [7, 11) is 3.05. The first kappa shape index (κ1) is 36.7. The second kappa shape index (κ2) is 17.9. The Balaban J connectivity index is 0.000000500. The van der Waals surface area contributed by atoms with Gasteiger partial charge in [0.25, 0.3) is 5.91 Å². The van der Waals surface area contributed by atoms with Crippen LogP contribution in [0.5, 0.6) is 11.5 Å². The zero-order valence-corrected chi connectivity index (χ0v) is 29.0. The smallest absolute Gasteiger partial charge is 0.254 e. The number of nitrogens with one attached hydrogen (secondary N) is 2. The number of aryl methyl sites for hydroxylation is 1. The quantitative estimate of drug-likeness (QED) is 0.398. The first-order chi connectivity index (χ1) is 23.1. The van der Waals surface area contributed by atoms with E-state index in [-0.39, 0.29) is 60.6 Å². The van der Waals surface area contributed by atoms with Crippen molar-refractivity contribution in [3.05, 3.63) is 59.7 Å². The number of ether oxygens (including phenoxy) is 3. The van der Waals surface area contributed by atoms with E-state index in [4.69, 9.17) is 14.2 Å². The summed E-state index contributed by atoms with van der Waals surface area (Å²) in [5, 5.41) is 5.23. The molecule has 262 valence electrons. The molecule has 3 saturated heterocycles. The van der Waals surface area contributed by atoms with Crippen molar-refractivity contribution in [3.8, 4) is 11.5 Å². The zero-order chi connectivity index (χ0) is 34.6. The Morgan fingerprint density at radius 3 is 2.29 bits per heavy atom. The van der Waals surface area contributed by atoms with Crippen molar-refractivity contribution >= 4 is 23.6 Å². The molecule has 11 heteroatoms.